The molecule has 19 heavy (non-hydrogen) atoms. The largest absolute Gasteiger partial charge is 0.314 e. The lowest BCUT2D eigenvalue weighted by Gasteiger charge is -2.34. The highest BCUT2D eigenvalue weighted by molar-refractivity contribution is 4.92. The molecule has 3 rings (SSSR count). The topological polar surface area (TPSA) is 15.3 Å². The minimum Gasteiger partial charge on any atom is -0.314 e. The van der Waals surface area contributed by atoms with Gasteiger partial charge in [-0.3, -0.25) is 0 Å². The Morgan fingerprint density at radius 2 is 1.89 bits per heavy atom. The van der Waals surface area contributed by atoms with E-state index in [1.165, 1.54) is 45.2 Å². The van der Waals surface area contributed by atoms with Gasteiger partial charge in [-0.15, -0.1) is 0 Å². The van der Waals surface area contributed by atoms with E-state index in [0.717, 1.165) is 29.7 Å². The number of nitrogens with one attached hydrogen (secondary N) is 1. The summed E-state index contributed by atoms with van der Waals surface area (Å²) in [5, 5.41) is 3.69. The number of hydrogen-bond donors (Lipinski definition) is 1. The maximum atomic E-state index is 3.69. The monoisotopic (exact) mass is 264 g/mol. The lowest BCUT2D eigenvalue weighted by atomic mass is 9.88. The van der Waals surface area contributed by atoms with E-state index in [1.807, 2.05) is 0 Å². The van der Waals surface area contributed by atoms with Crippen LogP contribution in [0, 0.1) is 23.7 Å². The fourth-order valence-corrected chi connectivity index (χ4v) is 4.38. The van der Waals surface area contributed by atoms with Gasteiger partial charge in [0.05, 0.1) is 0 Å². The molecular weight excluding hydrogens is 232 g/mol. The molecule has 2 bridgehead atoms. The third-order valence-corrected chi connectivity index (χ3v) is 6.23. The van der Waals surface area contributed by atoms with Crippen LogP contribution in [0.4, 0.5) is 0 Å². The van der Waals surface area contributed by atoms with E-state index < -0.39 is 0 Å². The molecule has 0 amide bonds. The number of rotatable bonds is 7. The molecule has 3 aliphatic rings. The molecule has 1 N–H and O–H groups in total. The first-order valence-electron chi connectivity index (χ1n) is 8.57. The molecule has 0 aliphatic heterocycles. The quantitative estimate of drug-likeness (QED) is 0.760. The first-order chi connectivity index (χ1) is 9.13. The highest BCUT2D eigenvalue weighted by Gasteiger charge is 2.40. The molecule has 2 heteroatoms. The second-order valence-electron chi connectivity index (χ2n) is 7.77. The van der Waals surface area contributed by atoms with E-state index in [0.29, 0.717) is 6.04 Å². The van der Waals surface area contributed by atoms with E-state index in [4.69, 9.17) is 0 Å². The Morgan fingerprint density at radius 3 is 2.47 bits per heavy atom. The Balaban J connectivity index is 1.41. The SMILES string of the molecule is CC(CNC1CC1)C(C)N(C)CC1CC2CCC1C2. The van der Waals surface area contributed by atoms with Gasteiger partial charge in [-0.1, -0.05) is 13.3 Å². The van der Waals surface area contributed by atoms with Crippen LogP contribution in [-0.2, 0) is 0 Å². The summed E-state index contributed by atoms with van der Waals surface area (Å²) in [7, 11) is 2.35. The van der Waals surface area contributed by atoms with Crippen LogP contribution in [0.15, 0.2) is 0 Å². The van der Waals surface area contributed by atoms with Gasteiger partial charge in [0.2, 0.25) is 0 Å². The van der Waals surface area contributed by atoms with Crippen LogP contribution in [0.25, 0.3) is 0 Å². The van der Waals surface area contributed by atoms with Crippen LogP contribution < -0.4 is 5.32 Å². The van der Waals surface area contributed by atoms with E-state index in [1.54, 1.807) is 6.42 Å². The van der Waals surface area contributed by atoms with Crippen molar-refractivity contribution in [3.05, 3.63) is 0 Å². The van der Waals surface area contributed by atoms with Crippen LogP contribution in [0.1, 0.15) is 52.4 Å². The van der Waals surface area contributed by atoms with Gasteiger partial charge in [0, 0.05) is 18.6 Å². The van der Waals surface area contributed by atoms with Crippen molar-refractivity contribution in [1.82, 2.24) is 10.2 Å². The number of fused-ring (bicyclic) bond motifs is 2. The van der Waals surface area contributed by atoms with Gasteiger partial charge in [-0.2, -0.15) is 0 Å². The lowest BCUT2D eigenvalue weighted by Crippen LogP contribution is -2.42. The molecule has 0 saturated heterocycles. The normalized spacial score (nSPS) is 36.9. The summed E-state index contributed by atoms with van der Waals surface area (Å²) in [6.07, 6.45) is 8.94. The molecule has 5 unspecified atom stereocenters. The summed E-state index contributed by atoms with van der Waals surface area (Å²) in [4.78, 5) is 2.64. The summed E-state index contributed by atoms with van der Waals surface area (Å²) in [6, 6.07) is 1.57. The van der Waals surface area contributed by atoms with Crippen LogP contribution in [0.5, 0.6) is 0 Å². The van der Waals surface area contributed by atoms with Gasteiger partial charge in [0.1, 0.15) is 0 Å². The van der Waals surface area contributed by atoms with Crippen LogP contribution >= 0.6 is 0 Å². The fourth-order valence-electron chi connectivity index (χ4n) is 4.38. The second-order valence-corrected chi connectivity index (χ2v) is 7.77. The highest BCUT2D eigenvalue weighted by atomic mass is 15.1. The van der Waals surface area contributed by atoms with E-state index in [-0.39, 0.29) is 0 Å². The summed E-state index contributed by atoms with van der Waals surface area (Å²) >= 11 is 0. The van der Waals surface area contributed by atoms with Crippen molar-refractivity contribution in [2.45, 2.75) is 64.5 Å². The second kappa shape index (κ2) is 5.73. The van der Waals surface area contributed by atoms with Gasteiger partial charge in [0.15, 0.2) is 0 Å². The summed E-state index contributed by atoms with van der Waals surface area (Å²) in [6.45, 7) is 7.38. The maximum absolute atomic E-state index is 3.69. The predicted octanol–water partition coefficient (Wildman–Crippen LogP) is 3.13. The first-order valence-corrected chi connectivity index (χ1v) is 8.57. The zero-order valence-corrected chi connectivity index (χ0v) is 13.1. The molecule has 3 aliphatic carbocycles. The Hall–Kier alpha value is -0.0800. The molecule has 0 heterocycles. The molecule has 110 valence electrons. The van der Waals surface area contributed by atoms with Gasteiger partial charge in [0.25, 0.3) is 0 Å². The molecule has 0 aromatic carbocycles. The van der Waals surface area contributed by atoms with Gasteiger partial charge < -0.3 is 10.2 Å². The Morgan fingerprint density at radius 1 is 1.11 bits per heavy atom. The van der Waals surface area contributed by atoms with Crippen molar-refractivity contribution in [1.29, 1.82) is 0 Å². The Labute approximate surface area is 119 Å². The maximum Gasteiger partial charge on any atom is 0.0102 e. The van der Waals surface area contributed by atoms with Crippen molar-refractivity contribution in [2.24, 2.45) is 23.7 Å². The Kier molecular flexibility index (Phi) is 4.19. The zero-order chi connectivity index (χ0) is 13.4. The average molecular weight is 264 g/mol. The van der Waals surface area contributed by atoms with Crippen molar-refractivity contribution in [3.63, 3.8) is 0 Å². The van der Waals surface area contributed by atoms with Crippen LogP contribution in [-0.4, -0.2) is 37.1 Å². The number of nitrogens with zero attached hydrogens (tertiary/aromatic N) is 1. The number of hydrogen-bond acceptors (Lipinski definition) is 2. The van der Waals surface area contributed by atoms with Crippen molar-refractivity contribution >= 4 is 0 Å². The van der Waals surface area contributed by atoms with Gasteiger partial charge >= 0.3 is 0 Å². The van der Waals surface area contributed by atoms with Crippen molar-refractivity contribution < 1.29 is 0 Å². The van der Waals surface area contributed by atoms with Crippen LogP contribution in [0.2, 0.25) is 0 Å². The molecule has 3 fully saturated rings. The highest BCUT2D eigenvalue weighted by Crippen LogP contribution is 2.48. The van der Waals surface area contributed by atoms with E-state index in [2.05, 4.69) is 31.1 Å². The molecule has 5 atom stereocenters. The van der Waals surface area contributed by atoms with Crippen molar-refractivity contribution in [3.8, 4) is 0 Å². The van der Waals surface area contributed by atoms with Crippen LogP contribution in [0.3, 0.4) is 0 Å². The predicted molar refractivity (Wildman–Crippen MR) is 81.2 cm³/mol. The molecule has 0 aromatic rings. The smallest absolute Gasteiger partial charge is 0.0102 e. The van der Waals surface area contributed by atoms with E-state index >= 15 is 0 Å². The van der Waals surface area contributed by atoms with E-state index in [9.17, 15) is 0 Å². The van der Waals surface area contributed by atoms with Gasteiger partial charge in [-0.25, -0.2) is 0 Å². The third-order valence-electron chi connectivity index (χ3n) is 6.23. The molecule has 3 saturated carbocycles. The van der Waals surface area contributed by atoms with Crippen molar-refractivity contribution in [2.75, 3.05) is 20.1 Å². The lowest BCUT2D eigenvalue weighted by molar-refractivity contribution is 0.146. The third kappa shape index (κ3) is 3.33. The summed E-state index contributed by atoms with van der Waals surface area (Å²) in [5.41, 5.74) is 0. The van der Waals surface area contributed by atoms with Gasteiger partial charge in [-0.05, 0) is 76.3 Å². The standard InChI is InChI=1S/C17H32N2/c1-12(10-18-17-6-7-17)13(2)19(3)11-16-9-14-4-5-15(16)8-14/h12-18H,4-11H2,1-3H3. The molecule has 0 radical (unpaired) electrons. The summed E-state index contributed by atoms with van der Waals surface area (Å²) < 4.78 is 0. The summed E-state index contributed by atoms with van der Waals surface area (Å²) in [5.74, 6) is 3.94. The fraction of sp³-hybridized carbons (Fsp3) is 1.00. The Bertz CT molecular complexity index is 300. The molecular formula is C17H32N2. The zero-order valence-electron chi connectivity index (χ0n) is 13.1. The average Bonchev–Trinajstić information content (AvgIpc) is 3.01. The first kappa shape index (κ1) is 13.9. The molecule has 0 aromatic heterocycles. The minimum absolute atomic E-state index is 0.713. The molecule has 0 spiro atoms. The molecule has 2 nitrogen and oxygen atoms in total. The minimum atomic E-state index is 0.713.